The first kappa shape index (κ1) is 28.0. The summed E-state index contributed by atoms with van der Waals surface area (Å²) in [4.78, 5) is 5.36. The van der Waals surface area contributed by atoms with Crippen molar-refractivity contribution in [3.05, 3.63) is 176 Å². The predicted octanol–water partition coefficient (Wildman–Crippen LogP) is 12.5. The first-order chi connectivity index (χ1) is 25.3. The third kappa shape index (κ3) is 4.17. The molecule has 0 spiro atoms. The average Bonchev–Trinajstić information content (AvgIpc) is 3.85. The minimum absolute atomic E-state index is 0.885. The molecule has 4 heterocycles. The van der Waals surface area contributed by atoms with Crippen molar-refractivity contribution in [3.63, 3.8) is 0 Å². The van der Waals surface area contributed by atoms with Crippen molar-refractivity contribution in [3.8, 4) is 33.9 Å². The Labute approximate surface area is 293 Å². The molecule has 0 radical (unpaired) electrons. The van der Waals surface area contributed by atoms with Gasteiger partial charge in [0.05, 0.1) is 27.8 Å². The fourth-order valence-corrected chi connectivity index (χ4v) is 8.08. The van der Waals surface area contributed by atoms with Crippen LogP contribution in [0.4, 0.5) is 0 Å². The molecule has 0 saturated carbocycles. The molecule has 0 unspecified atom stereocenters. The summed E-state index contributed by atoms with van der Waals surface area (Å²) in [6.45, 7) is 0. The molecule has 4 aromatic heterocycles. The highest BCUT2D eigenvalue weighted by molar-refractivity contribution is 6.29. The van der Waals surface area contributed by atoms with Gasteiger partial charge in [-0.1, -0.05) is 115 Å². The van der Waals surface area contributed by atoms with Crippen LogP contribution in [0.2, 0.25) is 0 Å². The number of pyridine rings is 1. The van der Waals surface area contributed by atoms with E-state index in [9.17, 15) is 0 Å². The molecule has 4 heteroatoms. The van der Waals surface area contributed by atoms with Gasteiger partial charge < -0.3 is 8.98 Å². The normalized spacial score (nSPS) is 11.9. The summed E-state index contributed by atoms with van der Waals surface area (Å²) in [6.07, 6.45) is 0. The molecule has 11 rings (SSSR count). The molecule has 0 fully saturated rings. The largest absolute Gasteiger partial charge is 0.456 e. The van der Waals surface area contributed by atoms with E-state index in [-0.39, 0.29) is 0 Å². The quantitative estimate of drug-likeness (QED) is 0.190. The van der Waals surface area contributed by atoms with E-state index in [1.54, 1.807) is 0 Å². The molecular formula is C47H29N3O. The molecule has 0 aliphatic carbocycles. The monoisotopic (exact) mass is 651 g/mol. The molecule has 0 atom stereocenters. The molecule has 0 aliphatic heterocycles. The smallest absolute Gasteiger partial charge is 0.138 e. The minimum atomic E-state index is 0.885. The maximum Gasteiger partial charge on any atom is 0.138 e. The molecule has 51 heavy (non-hydrogen) atoms. The minimum Gasteiger partial charge on any atom is -0.456 e. The Morgan fingerprint density at radius 1 is 0.373 bits per heavy atom. The Hall–Kier alpha value is -6.91. The molecule has 0 saturated heterocycles. The first-order valence-electron chi connectivity index (χ1n) is 17.3. The van der Waals surface area contributed by atoms with Gasteiger partial charge in [0.15, 0.2) is 0 Å². The van der Waals surface area contributed by atoms with Gasteiger partial charge in [0.2, 0.25) is 0 Å². The summed E-state index contributed by atoms with van der Waals surface area (Å²) >= 11 is 0. The fourth-order valence-electron chi connectivity index (χ4n) is 8.08. The zero-order valence-electron chi connectivity index (χ0n) is 27.5. The van der Waals surface area contributed by atoms with Crippen LogP contribution in [0.1, 0.15) is 0 Å². The molecular weight excluding hydrogens is 623 g/mol. The van der Waals surface area contributed by atoms with E-state index in [4.69, 9.17) is 9.40 Å². The predicted molar refractivity (Wildman–Crippen MR) is 211 cm³/mol. The van der Waals surface area contributed by atoms with E-state index in [0.29, 0.717) is 0 Å². The molecule has 0 aliphatic rings. The molecule has 11 aromatic rings. The second kappa shape index (κ2) is 10.8. The van der Waals surface area contributed by atoms with Gasteiger partial charge >= 0.3 is 0 Å². The second-order valence-corrected chi connectivity index (χ2v) is 13.2. The SMILES string of the molecule is c1ccc(-c2cc(-c3ccccc3)nc(-n3c4ccccc4c4c5c6ccccc6n(-c6ccc7c(c6)oc6ccccc67)c5ccc43)c2)cc1. The van der Waals surface area contributed by atoms with E-state index >= 15 is 0 Å². The van der Waals surface area contributed by atoms with Gasteiger partial charge in [0.1, 0.15) is 17.0 Å². The maximum absolute atomic E-state index is 6.36. The standard InChI is InChI=1S/C47H29N3O/c1-3-13-30(14-4-1)32-27-38(31-15-5-2-6-16-31)48-45(28-32)50-40-21-11-8-19-37(40)47-42(50)26-25-41-46(47)36-18-7-10-20-39(36)49(41)33-23-24-35-34-17-9-12-22-43(34)51-44(35)29-33/h1-29H. The van der Waals surface area contributed by atoms with Crippen LogP contribution < -0.4 is 0 Å². The van der Waals surface area contributed by atoms with Crippen molar-refractivity contribution in [2.24, 2.45) is 0 Å². The number of nitrogens with zero attached hydrogens (tertiary/aromatic N) is 3. The van der Waals surface area contributed by atoms with Crippen LogP contribution in [0.5, 0.6) is 0 Å². The summed E-state index contributed by atoms with van der Waals surface area (Å²) < 4.78 is 11.1. The second-order valence-electron chi connectivity index (χ2n) is 13.2. The highest BCUT2D eigenvalue weighted by atomic mass is 16.3. The van der Waals surface area contributed by atoms with E-state index < -0.39 is 0 Å². The van der Waals surface area contributed by atoms with E-state index in [1.165, 1.54) is 21.5 Å². The Morgan fingerprint density at radius 3 is 1.67 bits per heavy atom. The lowest BCUT2D eigenvalue weighted by Gasteiger charge is -2.13. The summed E-state index contributed by atoms with van der Waals surface area (Å²) in [5.41, 5.74) is 11.7. The number of furan rings is 1. The first-order valence-corrected chi connectivity index (χ1v) is 17.3. The average molecular weight is 652 g/mol. The lowest BCUT2D eigenvalue weighted by Crippen LogP contribution is -2.00. The van der Waals surface area contributed by atoms with E-state index in [0.717, 1.165) is 77.9 Å². The highest BCUT2D eigenvalue weighted by Crippen LogP contribution is 2.43. The van der Waals surface area contributed by atoms with Crippen LogP contribution >= 0.6 is 0 Å². The highest BCUT2D eigenvalue weighted by Gasteiger charge is 2.22. The van der Waals surface area contributed by atoms with Crippen molar-refractivity contribution in [2.75, 3.05) is 0 Å². The topological polar surface area (TPSA) is 35.9 Å². The van der Waals surface area contributed by atoms with Gasteiger partial charge in [-0.2, -0.15) is 0 Å². The van der Waals surface area contributed by atoms with Crippen LogP contribution in [-0.2, 0) is 0 Å². The van der Waals surface area contributed by atoms with Crippen LogP contribution in [-0.4, -0.2) is 14.1 Å². The van der Waals surface area contributed by atoms with Crippen LogP contribution in [0, 0.1) is 0 Å². The zero-order chi connectivity index (χ0) is 33.5. The van der Waals surface area contributed by atoms with Crippen LogP contribution in [0.15, 0.2) is 180 Å². The summed E-state index contributed by atoms with van der Waals surface area (Å²) in [5.74, 6) is 0.889. The fraction of sp³-hybridized carbons (Fsp3) is 0. The number of para-hydroxylation sites is 3. The van der Waals surface area contributed by atoms with Crippen molar-refractivity contribution in [1.29, 1.82) is 0 Å². The number of hydrogen-bond acceptors (Lipinski definition) is 2. The molecule has 7 aromatic carbocycles. The van der Waals surface area contributed by atoms with Crippen LogP contribution in [0.3, 0.4) is 0 Å². The van der Waals surface area contributed by atoms with E-state index in [2.05, 4.69) is 173 Å². The number of hydrogen-bond donors (Lipinski definition) is 0. The lowest BCUT2D eigenvalue weighted by molar-refractivity contribution is 0.668. The third-order valence-electron chi connectivity index (χ3n) is 10.3. The maximum atomic E-state index is 6.36. The number of rotatable bonds is 4. The summed E-state index contributed by atoms with van der Waals surface area (Å²) in [6, 6.07) is 62.3. The Bertz CT molecular complexity index is 3070. The lowest BCUT2D eigenvalue weighted by atomic mass is 10.0. The van der Waals surface area contributed by atoms with Gasteiger partial charge in [-0.25, -0.2) is 4.98 Å². The summed E-state index contributed by atoms with van der Waals surface area (Å²) in [5, 5.41) is 7.11. The van der Waals surface area contributed by atoms with Gasteiger partial charge in [-0.3, -0.25) is 4.57 Å². The van der Waals surface area contributed by atoms with Gasteiger partial charge in [0, 0.05) is 49.6 Å². The van der Waals surface area contributed by atoms with Gasteiger partial charge in [-0.15, -0.1) is 0 Å². The van der Waals surface area contributed by atoms with Crippen molar-refractivity contribution in [2.45, 2.75) is 0 Å². The Balaban J connectivity index is 1.22. The number of benzene rings is 7. The molecule has 0 N–H and O–H groups in total. The van der Waals surface area contributed by atoms with Gasteiger partial charge in [0.25, 0.3) is 0 Å². The Morgan fingerprint density at radius 2 is 0.941 bits per heavy atom. The molecule has 0 amide bonds. The number of aromatic nitrogens is 3. The third-order valence-corrected chi connectivity index (χ3v) is 10.3. The van der Waals surface area contributed by atoms with Crippen molar-refractivity contribution >= 4 is 65.6 Å². The zero-order valence-corrected chi connectivity index (χ0v) is 27.5. The van der Waals surface area contributed by atoms with Crippen molar-refractivity contribution < 1.29 is 4.42 Å². The molecule has 238 valence electrons. The van der Waals surface area contributed by atoms with Crippen LogP contribution in [0.25, 0.3) is 99.4 Å². The summed E-state index contributed by atoms with van der Waals surface area (Å²) in [7, 11) is 0. The Kier molecular flexibility index (Phi) is 5.92. The van der Waals surface area contributed by atoms with Gasteiger partial charge in [-0.05, 0) is 65.7 Å². The van der Waals surface area contributed by atoms with Crippen molar-refractivity contribution in [1.82, 2.24) is 14.1 Å². The van der Waals surface area contributed by atoms with E-state index in [1.807, 2.05) is 12.1 Å². The number of fused-ring (bicyclic) bond motifs is 10. The molecule has 0 bridgehead atoms. The molecule has 4 nitrogen and oxygen atoms in total.